The van der Waals surface area contributed by atoms with Crippen LogP contribution in [0.2, 0.25) is 0 Å². The van der Waals surface area contributed by atoms with E-state index in [9.17, 15) is 16.8 Å². The third-order valence-corrected chi connectivity index (χ3v) is 12.7. The number of piperazine rings is 1. The van der Waals surface area contributed by atoms with Gasteiger partial charge in [0.05, 0.1) is 10.6 Å². The van der Waals surface area contributed by atoms with Gasteiger partial charge in [0, 0.05) is 50.2 Å². The number of piperidine rings is 1. The van der Waals surface area contributed by atoms with E-state index in [1.54, 1.807) is 20.7 Å². The summed E-state index contributed by atoms with van der Waals surface area (Å²) in [7, 11) is -4.74. The number of rotatable bonds is 9. The average molecular weight is 599 g/mol. The number of fused-ring (bicyclic) bond motifs is 1. The fraction of sp³-hybridized carbons (Fsp3) is 0.643. The Hall–Kier alpha value is -1.27. The molecule has 2 aromatic carbocycles. The van der Waals surface area contributed by atoms with Crippen molar-refractivity contribution in [1.29, 1.82) is 0 Å². The number of hydrogen-bond acceptors (Lipinski definition) is 6. The lowest BCUT2D eigenvalue weighted by Crippen LogP contribution is -2.54. The molecule has 1 atom stereocenters. The summed E-state index contributed by atoms with van der Waals surface area (Å²) in [5.41, 5.74) is 0. The number of benzene rings is 2. The summed E-state index contributed by atoms with van der Waals surface area (Å²) in [4.78, 5) is 5.20. The fourth-order valence-electron chi connectivity index (χ4n) is 6.46. The van der Waals surface area contributed by atoms with Gasteiger partial charge in [-0.25, -0.2) is 16.8 Å². The monoisotopic (exact) mass is 598 g/mol. The molecule has 0 aromatic heterocycles. The molecule has 0 radical (unpaired) electrons. The molecule has 0 bridgehead atoms. The molecule has 3 aliphatic heterocycles. The number of hydrogen-bond donors (Lipinski definition) is 0. The van der Waals surface area contributed by atoms with Crippen molar-refractivity contribution in [2.45, 2.75) is 61.9 Å². The summed E-state index contributed by atoms with van der Waals surface area (Å²) in [6, 6.07) is 13.5. The van der Waals surface area contributed by atoms with E-state index in [1.807, 2.05) is 30.3 Å². The highest BCUT2D eigenvalue weighted by Gasteiger charge is 2.36. The standard InChI is InChI=1S/C28H42N4O4S2.ClH/c1-29-17-14-25(15-18-29)30-19-21-31(22-20-30)37(33,34)23-5-4-10-26-11-7-16-32(26)38(35,36)28-13-6-9-24-8-2-3-12-27(24)28;/h2-3,6,8-9,12-13,25-26H,4-5,7,10-11,14-23H2,1H3;1H. The first kappa shape index (κ1) is 30.7. The molecule has 3 aliphatic rings. The Labute approximate surface area is 240 Å². The van der Waals surface area contributed by atoms with Gasteiger partial charge in [0.15, 0.2) is 0 Å². The van der Waals surface area contributed by atoms with Gasteiger partial charge in [-0.1, -0.05) is 42.8 Å². The van der Waals surface area contributed by atoms with Gasteiger partial charge in [-0.15, -0.1) is 12.4 Å². The van der Waals surface area contributed by atoms with E-state index >= 15 is 0 Å². The van der Waals surface area contributed by atoms with Crippen LogP contribution in [0, 0.1) is 0 Å². The minimum atomic E-state index is -3.62. The minimum absolute atomic E-state index is 0. The van der Waals surface area contributed by atoms with Crippen LogP contribution in [0.4, 0.5) is 0 Å². The highest BCUT2D eigenvalue weighted by molar-refractivity contribution is 7.89. The zero-order valence-corrected chi connectivity index (χ0v) is 25.4. The molecule has 0 spiro atoms. The van der Waals surface area contributed by atoms with Crippen molar-refractivity contribution in [1.82, 2.24) is 18.4 Å². The highest BCUT2D eigenvalue weighted by Crippen LogP contribution is 2.32. The molecule has 0 saturated carbocycles. The third-order valence-electron chi connectivity index (χ3n) is 8.72. The largest absolute Gasteiger partial charge is 0.306 e. The fourth-order valence-corrected chi connectivity index (χ4v) is 9.95. The minimum Gasteiger partial charge on any atom is -0.306 e. The van der Waals surface area contributed by atoms with E-state index in [4.69, 9.17) is 0 Å². The maximum absolute atomic E-state index is 13.6. The van der Waals surface area contributed by atoms with Crippen LogP contribution in [0.15, 0.2) is 47.4 Å². The maximum Gasteiger partial charge on any atom is 0.243 e. The molecular weight excluding hydrogens is 556 g/mol. The first-order valence-corrected chi connectivity index (χ1v) is 17.2. The molecule has 0 aliphatic carbocycles. The van der Waals surface area contributed by atoms with Crippen molar-refractivity contribution in [2.24, 2.45) is 0 Å². The van der Waals surface area contributed by atoms with Crippen molar-refractivity contribution in [2.75, 3.05) is 58.6 Å². The van der Waals surface area contributed by atoms with E-state index in [2.05, 4.69) is 16.8 Å². The molecule has 0 amide bonds. The van der Waals surface area contributed by atoms with E-state index in [-0.39, 0.29) is 24.2 Å². The van der Waals surface area contributed by atoms with E-state index in [0.717, 1.165) is 62.6 Å². The second-order valence-electron chi connectivity index (χ2n) is 11.2. The molecule has 3 fully saturated rings. The van der Waals surface area contributed by atoms with Gasteiger partial charge in [0.25, 0.3) is 0 Å². The molecule has 39 heavy (non-hydrogen) atoms. The van der Waals surface area contributed by atoms with Crippen molar-refractivity contribution in [3.05, 3.63) is 42.5 Å². The smallest absolute Gasteiger partial charge is 0.243 e. The van der Waals surface area contributed by atoms with Crippen molar-refractivity contribution in [3.63, 3.8) is 0 Å². The van der Waals surface area contributed by atoms with Crippen molar-refractivity contribution in [3.8, 4) is 0 Å². The zero-order chi connectivity index (χ0) is 26.8. The Bertz CT molecular complexity index is 1300. The molecule has 2 aromatic rings. The SMILES string of the molecule is CN1CCC(N2CCN(S(=O)(=O)CCCCC3CCCN3S(=O)(=O)c3cccc4ccccc34)CC2)CC1.Cl. The summed E-state index contributed by atoms with van der Waals surface area (Å²) in [5.74, 6) is 0.143. The molecule has 8 nitrogen and oxygen atoms in total. The number of sulfonamides is 2. The van der Waals surface area contributed by atoms with Gasteiger partial charge in [-0.05, 0) is 70.1 Å². The van der Waals surface area contributed by atoms with Crippen LogP contribution in [-0.4, -0.2) is 106 Å². The molecule has 3 heterocycles. The molecule has 5 rings (SSSR count). The summed E-state index contributed by atoms with van der Waals surface area (Å²) >= 11 is 0. The Morgan fingerprint density at radius 3 is 2.23 bits per heavy atom. The predicted molar refractivity (Wildman–Crippen MR) is 159 cm³/mol. The molecule has 3 saturated heterocycles. The molecule has 1 unspecified atom stereocenters. The van der Waals surface area contributed by atoms with Crippen LogP contribution in [0.1, 0.15) is 44.9 Å². The molecule has 11 heteroatoms. The van der Waals surface area contributed by atoms with Gasteiger partial charge in [-0.3, -0.25) is 4.90 Å². The Morgan fingerprint density at radius 1 is 0.795 bits per heavy atom. The lowest BCUT2D eigenvalue weighted by Gasteiger charge is -2.41. The highest BCUT2D eigenvalue weighted by atomic mass is 35.5. The number of likely N-dealkylation sites (tertiary alicyclic amines) is 1. The second kappa shape index (κ2) is 13.1. The lowest BCUT2D eigenvalue weighted by molar-refractivity contribution is 0.0892. The van der Waals surface area contributed by atoms with Gasteiger partial charge < -0.3 is 4.90 Å². The Kier molecular flexibility index (Phi) is 10.3. The first-order chi connectivity index (χ1) is 18.3. The molecule has 218 valence electrons. The van der Waals surface area contributed by atoms with E-state index in [1.165, 1.54) is 0 Å². The van der Waals surface area contributed by atoms with Crippen LogP contribution in [-0.2, 0) is 20.0 Å². The van der Waals surface area contributed by atoms with Crippen LogP contribution in [0.25, 0.3) is 10.8 Å². The van der Waals surface area contributed by atoms with Crippen LogP contribution < -0.4 is 0 Å². The summed E-state index contributed by atoms with van der Waals surface area (Å²) in [5, 5.41) is 1.67. The van der Waals surface area contributed by atoms with Crippen LogP contribution in [0.3, 0.4) is 0 Å². The van der Waals surface area contributed by atoms with Gasteiger partial charge in [0.1, 0.15) is 0 Å². The average Bonchev–Trinajstić information content (AvgIpc) is 3.41. The molecule has 0 N–H and O–H groups in total. The van der Waals surface area contributed by atoms with E-state index in [0.29, 0.717) is 49.8 Å². The first-order valence-electron chi connectivity index (χ1n) is 14.2. The van der Waals surface area contributed by atoms with Gasteiger partial charge >= 0.3 is 0 Å². The number of nitrogens with zero attached hydrogens (tertiary/aromatic N) is 4. The number of unbranched alkanes of at least 4 members (excludes halogenated alkanes) is 1. The second-order valence-corrected chi connectivity index (χ2v) is 15.1. The van der Waals surface area contributed by atoms with Gasteiger partial charge in [-0.2, -0.15) is 8.61 Å². The predicted octanol–water partition coefficient (Wildman–Crippen LogP) is 3.63. The maximum atomic E-state index is 13.6. The van der Waals surface area contributed by atoms with Gasteiger partial charge in [0.2, 0.25) is 20.0 Å². The summed E-state index contributed by atoms with van der Waals surface area (Å²) in [6.45, 7) is 5.54. The third kappa shape index (κ3) is 6.97. The van der Waals surface area contributed by atoms with Crippen molar-refractivity contribution < 1.29 is 16.8 Å². The lowest BCUT2D eigenvalue weighted by atomic mass is 10.0. The summed E-state index contributed by atoms with van der Waals surface area (Å²) < 4.78 is 56.7. The quantitative estimate of drug-likeness (QED) is 0.410. The topological polar surface area (TPSA) is 81.2 Å². The number of halogens is 1. The zero-order valence-electron chi connectivity index (χ0n) is 22.9. The Morgan fingerprint density at radius 2 is 1.49 bits per heavy atom. The molecular formula is C28H43ClN4O4S2. The van der Waals surface area contributed by atoms with E-state index < -0.39 is 20.0 Å². The normalized spacial score (nSPS) is 23.3. The Balaban J connectivity index is 0.00000353. The summed E-state index contributed by atoms with van der Waals surface area (Å²) in [6.07, 6.45) is 5.97. The van der Waals surface area contributed by atoms with Crippen molar-refractivity contribution >= 4 is 43.2 Å². The van der Waals surface area contributed by atoms with Crippen LogP contribution in [0.5, 0.6) is 0 Å². The van der Waals surface area contributed by atoms with Crippen LogP contribution >= 0.6 is 12.4 Å².